The van der Waals surface area contributed by atoms with Crippen molar-refractivity contribution < 1.29 is 22.7 Å². The third kappa shape index (κ3) is 4.64. The van der Waals surface area contributed by atoms with Crippen molar-refractivity contribution in [2.24, 2.45) is 5.92 Å². The summed E-state index contributed by atoms with van der Waals surface area (Å²) in [6, 6.07) is 8.54. The fourth-order valence-electron chi connectivity index (χ4n) is 4.10. The number of rotatable bonds is 5. The molecule has 32 heavy (non-hydrogen) atoms. The molecule has 6 nitrogen and oxygen atoms in total. The molecular formula is C23H23F3N4O2. The summed E-state index contributed by atoms with van der Waals surface area (Å²) in [4.78, 5) is 20.6. The number of carbonyl (C=O) groups is 1. The van der Waals surface area contributed by atoms with E-state index in [9.17, 15) is 18.0 Å². The highest BCUT2D eigenvalue weighted by Crippen LogP contribution is 2.35. The van der Waals surface area contributed by atoms with Gasteiger partial charge in [-0.15, -0.1) is 0 Å². The van der Waals surface area contributed by atoms with Gasteiger partial charge in [0.25, 0.3) is 0 Å². The number of nitriles is 1. The molecule has 1 saturated heterocycles. The molecule has 1 aromatic heterocycles. The lowest BCUT2D eigenvalue weighted by Crippen LogP contribution is -2.59. The molecule has 1 atom stereocenters. The van der Waals surface area contributed by atoms with Gasteiger partial charge in [-0.1, -0.05) is 6.42 Å². The zero-order valence-corrected chi connectivity index (χ0v) is 17.4. The van der Waals surface area contributed by atoms with Crippen LogP contribution in [0.5, 0.6) is 5.75 Å². The molecule has 1 aromatic carbocycles. The standard InChI is InChI=1S/C23H23F3N4O2/c24-23(25,26)21-11-18(7-6-17(21)12-27)29-9-10-30(22(31)16-3-1-4-16)19(14-29)15-32-20-5-2-8-28-13-20/h2,5-8,11,13,16,19H,1,3-4,9-10,14-15H2. The van der Waals surface area contributed by atoms with Crippen molar-refractivity contribution >= 4 is 11.6 Å². The van der Waals surface area contributed by atoms with E-state index < -0.39 is 17.3 Å². The molecule has 0 bridgehead atoms. The lowest BCUT2D eigenvalue weighted by Gasteiger charge is -2.44. The summed E-state index contributed by atoms with van der Waals surface area (Å²) in [5.41, 5.74) is -0.983. The predicted octanol–water partition coefficient (Wildman–Crippen LogP) is 3.87. The second-order valence-electron chi connectivity index (χ2n) is 8.10. The Labute approximate surface area is 184 Å². The first-order chi connectivity index (χ1) is 15.4. The Morgan fingerprint density at radius 3 is 2.69 bits per heavy atom. The first-order valence-electron chi connectivity index (χ1n) is 10.6. The van der Waals surface area contributed by atoms with E-state index >= 15 is 0 Å². The molecule has 1 saturated carbocycles. The largest absolute Gasteiger partial charge is 0.490 e. The highest BCUT2D eigenvalue weighted by molar-refractivity contribution is 5.80. The van der Waals surface area contributed by atoms with Gasteiger partial charge < -0.3 is 14.5 Å². The van der Waals surface area contributed by atoms with Gasteiger partial charge in [-0.05, 0) is 43.2 Å². The number of benzene rings is 1. The molecule has 1 unspecified atom stereocenters. The molecule has 2 aromatic rings. The maximum atomic E-state index is 13.4. The predicted molar refractivity (Wildman–Crippen MR) is 111 cm³/mol. The molecule has 4 rings (SSSR count). The smallest absolute Gasteiger partial charge is 0.417 e. The van der Waals surface area contributed by atoms with E-state index in [-0.39, 0.29) is 24.5 Å². The monoisotopic (exact) mass is 444 g/mol. The van der Waals surface area contributed by atoms with E-state index in [1.807, 2.05) is 9.80 Å². The Bertz CT molecular complexity index is 1000. The number of hydrogen-bond acceptors (Lipinski definition) is 5. The van der Waals surface area contributed by atoms with Gasteiger partial charge in [0, 0.05) is 37.4 Å². The number of aromatic nitrogens is 1. The highest BCUT2D eigenvalue weighted by atomic mass is 19.4. The zero-order chi connectivity index (χ0) is 22.7. The molecular weight excluding hydrogens is 421 g/mol. The lowest BCUT2D eigenvalue weighted by atomic mass is 9.84. The highest BCUT2D eigenvalue weighted by Gasteiger charge is 2.38. The number of ether oxygens (including phenoxy) is 1. The van der Waals surface area contributed by atoms with Crippen LogP contribution in [0.2, 0.25) is 0 Å². The normalized spacial score (nSPS) is 19.2. The number of amides is 1. The molecule has 9 heteroatoms. The molecule has 1 aliphatic heterocycles. The van der Waals surface area contributed by atoms with Crippen LogP contribution < -0.4 is 9.64 Å². The van der Waals surface area contributed by atoms with Gasteiger partial charge >= 0.3 is 6.18 Å². The zero-order valence-electron chi connectivity index (χ0n) is 17.4. The van der Waals surface area contributed by atoms with Crippen LogP contribution in [0.4, 0.5) is 18.9 Å². The van der Waals surface area contributed by atoms with Crippen molar-refractivity contribution in [3.8, 4) is 11.8 Å². The fourth-order valence-corrected chi connectivity index (χ4v) is 4.10. The van der Waals surface area contributed by atoms with Crippen LogP contribution in [0.3, 0.4) is 0 Å². The maximum absolute atomic E-state index is 13.4. The van der Waals surface area contributed by atoms with E-state index in [1.165, 1.54) is 12.1 Å². The average Bonchev–Trinajstić information content (AvgIpc) is 2.76. The molecule has 1 amide bonds. The topological polar surface area (TPSA) is 69.5 Å². The second-order valence-corrected chi connectivity index (χ2v) is 8.10. The Morgan fingerprint density at radius 1 is 1.25 bits per heavy atom. The number of halogens is 3. The molecule has 1 aliphatic carbocycles. The van der Waals surface area contributed by atoms with Crippen LogP contribution in [0, 0.1) is 17.2 Å². The Kier molecular flexibility index (Phi) is 6.21. The van der Waals surface area contributed by atoms with Gasteiger partial charge in [0.1, 0.15) is 12.4 Å². The van der Waals surface area contributed by atoms with E-state index in [1.54, 1.807) is 30.6 Å². The molecule has 168 valence electrons. The third-order valence-corrected chi connectivity index (χ3v) is 6.09. The minimum absolute atomic E-state index is 0.0224. The number of nitrogens with zero attached hydrogens (tertiary/aromatic N) is 4. The summed E-state index contributed by atoms with van der Waals surface area (Å²) in [5.74, 6) is 0.680. The van der Waals surface area contributed by atoms with Gasteiger partial charge in [-0.25, -0.2) is 0 Å². The van der Waals surface area contributed by atoms with Crippen LogP contribution in [0.15, 0.2) is 42.7 Å². The van der Waals surface area contributed by atoms with Crippen LogP contribution in [0.25, 0.3) is 0 Å². The summed E-state index contributed by atoms with van der Waals surface area (Å²) in [7, 11) is 0. The number of piperazine rings is 1. The minimum Gasteiger partial charge on any atom is -0.490 e. The summed E-state index contributed by atoms with van der Waals surface area (Å²) in [6.45, 7) is 1.35. The van der Waals surface area contributed by atoms with Crippen LogP contribution in [-0.4, -0.2) is 48.1 Å². The summed E-state index contributed by atoms with van der Waals surface area (Å²) >= 11 is 0. The molecule has 2 aliphatic rings. The first-order valence-corrected chi connectivity index (χ1v) is 10.6. The van der Waals surface area contributed by atoms with Gasteiger partial charge in [-0.3, -0.25) is 9.78 Å². The Hall–Kier alpha value is -3.28. The van der Waals surface area contributed by atoms with Crippen molar-refractivity contribution in [3.05, 3.63) is 53.9 Å². The molecule has 2 fully saturated rings. The van der Waals surface area contributed by atoms with E-state index in [0.717, 1.165) is 25.3 Å². The lowest BCUT2D eigenvalue weighted by molar-refractivity contribution is -0.141. The van der Waals surface area contributed by atoms with E-state index in [4.69, 9.17) is 10.00 Å². The quantitative estimate of drug-likeness (QED) is 0.700. The molecule has 0 radical (unpaired) electrons. The van der Waals surface area contributed by atoms with Crippen LogP contribution >= 0.6 is 0 Å². The van der Waals surface area contributed by atoms with E-state index in [0.29, 0.717) is 31.1 Å². The van der Waals surface area contributed by atoms with Gasteiger partial charge in [-0.2, -0.15) is 18.4 Å². The molecule has 0 N–H and O–H groups in total. The van der Waals surface area contributed by atoms with Crippen molar-refractivity contribution in [3.63, 3.8) is 0 Å². The SMILES string of the molecule is N#Cc1ccc(N2CCN(C(=O)C3CCC3)C(COc3cccnc3)C2)cc1C(F)(F)F. The van der Waals surface area contributed by atoms with Gasteiger partial charge in [0.15, 0.2) is 0 Å². The van der Waals surface area contributed by atoms with Crippen molar-refractivity contribution in [1.82, 2.24) is 9.88 Å². The summed E-state index contributed by atoms with van der Waals surface area (Å²) < 4.78 is 46.1. The molecule has 0 spiro atoms. The average molecular weight is 444 g/mol. The van der Waals surface area contributed by atoms with Crippen molar-refractivity contribution in [2.75, 3.05) is 31.1 Å². The first kappa shape index (κ1) is 21.9. The van der Waals surface area contributed by atoms with E-state index in [2.05, 4.69) is 4.98 Å². The summed E-state index contributed by atoms with van der Waals surface area (Å²) in [5, 5.41) is 9.05. The van der Waals surface area contributed by atoms with Gasteiger partial charge in [0.05, 0.1) is 29.4 Å². The van der Waals surface area contributed by atoms with Crippen molar-refractivity contribution in [1.29, 1.82) is 5.26 Å². The Morgan fingerprint density at radius 2 is 2.06 bits per heavy atom. The van der Waals surface area contributed by atoms with Crippen molar-refractivity contribution in [2.45, 2.75) is 31.5 Å². The number of hydrogen-bond donors (Lipinski definition) is 0. The third-order valence-electron chi connectivity index (χ3n) is 6.09. The molecule has 2 heterocycles. The van der Waals surface area contributed by atoms with Gasteiger partial charge in [0.2, 0.25) is 5.91 Å². The second kappa shape index (κ2) is 9.07. The van der Waals surface area contributed by atoms with Crippen LogP contribution in [-0.2, 0) is 11.0 Å². The Balaban J connectivity index is 1.55. The maximum Gasteiger partial charge on any atom is 0.417 e. The number of pyridine rings is 1. The fraction of sp³-hybridized carbons (Fsp3) is 0.435. The number of alkyl halides is 3. The number of anilines is 1. The number of carbonyl (C=O) groups excluding carboxylic acids is 1. The van der Waals surface area contributed by atoms with Crippen LogP contribution in [0.1, 0.15) is 30.4 Å². The minimum atomic E-state index is -4.62. The summed E-state index contributed by atoms with van der Waals surface area (Å²) in [6.07, 6.45) is 1.38.